The zero-order valence-corrected chi connectivity index (χ0v) is 27.1. The molecule has 0 unspecified atom stereocenters. The third kappa shape index (κ3) is 7.74. The average Bonchev–Trinajstić information content (AvgIpc) is 3.00. The number of phenols is 1. The van der Waals surface area contributed by atoms with Gasteiger partial charge in [0, 0.05) is 15.7 Å². The molecule has 0 bridgehead atoms. The van der Waals surface area contributed by atoms with Gasteiger partial charge in [0.2, 0.25) is 0 Å². The number of sulfone groups is 2. The summed E-state index contributed by atoms with van der Waals surface area (Å²) in [6.45, 7) is -1.04. The second kappa shape index (κ2) is 14.6. The van der Waals surface area contributed by atoms with Crippen LogP contribution in [0.3, 0.4) is 0 Å². The Labute approximate surface area is 270 Å². The van der Waals surface area contributed by atoms with Crippen molar-refractivity contribution >= 4 is 84.1 Å². The number of thiol groups is 2. The number of benzene rings is 4. The third-order valence-corrected chi connectivity index (χ3v) is 10.3. The topological polar surface area (TPSA) is 200 Å². The lowest BCUT2D eigenvalue weighted by Crippen LogP contribution is -2.09. The van der Waals surface area contributed by atoms with E-state index >= 15 is 0 Å². The first kappa shape index (κ1) is 34.1. The maximum absolute atomic E-state index is 12.5. The summed E-state index contributed by atoms with van der Waals surface area (Å²) in [6.07, 6.45) is 0. The highest BCUT2D eigenvalue weighted by atomic mass is 32.2. The molecule has 45 heavy (non-hydrogen) atoms. The minimum Gasteiger partial charge on any atom is -0.505 e. The van der Waals surface area contributed by atoms with E-state index in [1.807, 2.05) is 0 Å². The Bertz CT molecular complexity index is 1980. The van der Waals surface area contributed by atoms with Crippen molar-refractivity contribution in [3.8, 4) is 11.5 Å². The smallest absolute Gasteiger partial charge is 0.180 e. The number of rotatable bonds is 13. The number of hydrogen-bond donors (Lipinski definition) is 6. The summed E-state index contributed by atoms with van der Waals surface area (Å²) in [6, 6.07) is 14.5. The first-order chi connectivity index (χ1) is 21.4. The number of phenolic OH excluding ortho intramolecular Hbond substituents is 1. The molecule has 0 fully saturated rings. The van der Waals surface area contributed by atoms with Crippen LogP contribution in [0.2, 0.25) is 0 Å². The van der Waals surface area contributed by atoms with Crippen molar-refractivity contribution in [2.45, 2.75) is 14.7 Å². The molecular weight excluding hydrogens is 663 g/mol. The van der Waals surface area contributed by atoms with Crippen LogP contribution in [0.25, 0.3) is 10.8 Å². The number of nitrogens with one attached hydrogen (secondary N) is 1. The standard InChI is InChI=1S/C28H29N5O8S4/c1-41-24-9-6-19(45(39,40)13-11-35)14-23(24)31-32-26-21-15-25(43)27(28(36)20(21)7-8-22(26)29-16-42)33-30-17-2-4-18(5-3-17)44(37,38)12-10-34/h2-9,14-15,29,34-36,42-43H,10-13,16H2,1H3/b32-31+,33-30+. The number of azo groups is 2. The second-order valence-corrected chi connectivity index (χ2v) is 14.3. The molecule has 0 aliphatic carbocycles. The molecule has 4 aromatic rings. The van der Waals surface area contributed by atoms with Gasteiger partial charge in [0.05, 0.1) is 58.9 Å². The molecule has 0 spiro atoms. The zero-order valence-electron chi connectivity index (χ0n) is 23.7. The van der Waals surface area contributed by atoms with Crippen LogP contribution in [0.4, 0.5) is 28.4 Å². The van der Waals surface area contributed by atoms with Crippen molar-refractivity contribution in [1.29, 1.82) is 0 Å². The Morgan fingerprint density at radius 2 is 1.40 bits per heavy atom. The van der Waals surface area contributed by atoms with Crippen LogP contribution in [0.1, 0.15) is 0 Å². The van der Waals surface area contributed by atoms with Crippen LogP contribution in [-0.4, -0.2) is 69.9 Å². The molecule has 0 amide bonds. The second-order valence-electron chi connectivity index (χ2n) is 9.30. The zero-order chi connectivity index (χ0) is 32.8. The van der Waals surface area contributed by atoms with Crippen molar-refractivity contribution in [3.05, 3.63) is 60.7 Å². The van der Waals surface area contributed by atoms with Gasteiger partial charge in [0.1, 0.15) is 22.8 Å². The van der Waals surface area contributed by atoms with Gasteiger partial charge in [-0.2, -0.15) is 17.7 Å². The summed E-state index contributed by atoms with van der Waals surface area (Å²) < 4.78 is 54.7. The number of hydrogen-bond acceptors (Lipinski definition) is 15. The molecule has 0 aliphatic rings. The van der Waals surface area contributed by atoms with Gasteiger partial charge in [-0.05, 0) is 60.7 Å². The van der Waals surface area contributed by atoms with Gasteiger partial charge in [-0.3, -0.25) is 0 Å². The van der Waals surface area contributed by atoms with Gasteiger partial charge in [0.15, 0.2) is 25.4 Å². The highest BCUT2D eigenvalue weighted by Gasteiger charge is 2.19. The first-order valence-corrected chi connectivity index (χ1v) is 17.5. The molecule has 0 radical (unpaired) electrons. The molecule has 4 N–H and O–H groups in total. The van der Waals surface area contributed by atoms with Crippen molar-refractivity contribution in [1.82, 2.24) is 0 Å². The number of ether oxygens (including phenoxy) is 1. The minimum absolute atomic E-state index is 0.0300. The van der Waals surface area contributed by atoms with E-state index in [4.69, 9.17) is 14.9 Å². The molecule has 17 heteroatoms. The van der Waals surface area contributed by atoms with Crippen LogP contribution in [0.5, 0.6) is 11.5 Å². The largest absolute Gasteiger partial charge is 0.505 e. The summed E-state index contributed by atoms with van der Waals surface area (Å²) in [5.74, 6) is -0.632. The maximum Gasteiger partial charge on any atom is 0.180 e. The molecule has 0 saturated carbocycles. The van der Waals surface area contributed by atoms with E-state index in [0.717, 1.165) is 0 Å². The summed E-state index contributed by atoms with van der Waals surface area (Å²) >= 11 is 8.74. The molecule has 238 valence electrons. The van der Waals surface area contributed by atoms with Crippen molar-refractivity contribution in [2.75, 3.05) is 43.0 Å². The Morgan fingerprint density at radius 3 is 2.02 bits per heavy atom. The number of fused-ring (bicyclic) bond motifs is 1. The molecule has 13 nitrogen and oxygen atoms in total. The number of aliphatic hydroxyl groups excluding tert-OH is 2. The number of aromatic hydroxyl groups is 1. The van der Waals surface area contributed by atoms with Gasteiger partial charge in [-0.15, -0.1) is 28.0 Å². The number of aliphatic hydroxyl groups is 2. The van der Waals surface area contributed by atoms with E-state index in [-0.39, 0.29) is 49.1 Å². The van der Waals surface area contributed by atoms with Crippen LogP contribution in [-0.2, 0) is 19.7 Å². The minimum atomic E-state index is -3.77. The number of nitrogens with zero attached hydrogens (tertiary/aromatic N) is 4. The number of anilines is 1. The SMILES string of the molecule is COc1ccc(S(=O)(=O)CCO)cc1/N=N/c1c(NCS)ccc2c(O)c(/N=N/c3ccc(S(=O)(=O)CCO)cc3)c(S)cc12. The molecule has 4 rings (SSSR count). The number of methoxy groups -OCH3 is 1. The highest BCUT2D eigenvalue weighted by Crippen LogP contribution is 2.46. The van der Waals surface area contributed by atoms with E-state index in [1.165, 1.54) is 49.6 Å². The van der Waals surface area contributed by atoms with E-state index < -0.39 is 44.4 Å². The fourth-order valence-corrected chi connectivity index (χ4v) is 6.72. The summed E-state index contributed by atoms with van der Waals surface area (Å²) in [5.41, 5.74) is 1.25. The van der Waals surface area contributed by atoms with Crippen LogP contribution >= 0.6 is 25.3 Å². The summed E-state index contributed by atoms with van der Waals surface area (Å²) in [5, 5.41) is 50.0. The summed E-state index contributed by atoms with van der Waals surface area (Å²) in [7, 11) is -6.00. The predicted molar refractivity (Wildman–Crippen MR) is 176 cm³/mol. The maximum atomic E-state index is 12.5. The monoisotopic (exact) mass is 691 g/mol. The third-order valence-electron chi connectivity index (χ3n) is 6.44. The van der Waals surface area contributed by atoms with Gasteiger partial charge < -0.3 is 25.4 Å². The molecular formula is C28H29N5O8S4. The van der Waals surface area contributed by atoms with E-state index in [1.54, 1.807) is 18.2 Å². The van der Waals surface area contributed by atoms with E-state index in [0.29, 0.717) is 22.1 Å². The van der Waals surface area contributed by atoms with Crippen molar-refractivity contribution < 1.29 is 36.9 Å². The first-order valence-electron chi connectivity index (χ1n) is 13.1. The van der Waals surface area contributed by atoms with Crippen LogP contribution < -0.4 is 10.1 Å². The van der Waals surface area contributed by atoms with Crippen molar-refractivity contribution in [3.63, 3.8) is 0 Å². The molecule has 4 aromatic carbocycles. The Hall–Kier alpha value is -3.74. The van der Waals surface area contributed by atoms with Gasteiger partial charge in [-0.25, -0.2) is 16.8 Å². The quantitative estimate of drug-likeness (QED) is 0.0595. The fraction of sp³-hybridized carbons (Fsp3) is 0.214. The predicted octanol–water partition coefficient (Wildman–Crippen LogP) is 5.50. The molecule has 0 heterocycles. The normalized spacial score (nSPS) is 12.4. The van der Waals surface area contributed by atoms with Gasteiger partial charge in [0.25, 0.3) is 0 Å². The van der Waals surface area contributed by atoms with Gasteiger partial charge in [-0.1, -0.05) is 0 Å². The lowest BCUT2D eigenvalue weighted by Gasteiger charge is -2.13. The van der Waals surface area contributed by atoms with Crippen molar-refractivity contribution in [2.24, 2.45) is 20.5 Å². The van der Waals surface area contributed by atoms with E-state index in [2.05, 4.69) is 51.0 Å². The Balaban J connectivity index is 1.77. The van der Waals surface area contributed by atoms with Crippen LogP contribution in [0.15, 0.2) is 95.8 Å². The molecule has 0 saturated heterocycles. The Kier molecular flexibility index (Phi) is 11.1. The Morgan fingerprint density at radius 1 is 0.778 bits per heavy atom. The molecule has 0 aromatic heterocycles. The molecule has 0 aliphatic heterocycles. The lowest BCUT2D eigenvalue weighted by molar-refractivity contribution is 0.319. The van der Waals surface area contributed by atoms with Gasteiger partial charge >= 0.3 is 0 Å². The van der Waals surface area contributed by atoms with E-state index in [9.17, 15) is 21.9 Å². The fourth-order valence-electron chi connectivity index (χ4n) is 4.20. The highest BCUT2D eigenvalue weighted by molar-refractivity contribution is 7.91. The lowest BCUT2D eigenvalue weighted by atomic mass is 10.1. The summed E-state index contributed by atoms with van der Waals surface area (Å²) in [4.78, 5) is 0.201. The average molecular weight is 692 g/mol. The van der Waals surface area contributed by atoms with Crippen LogP contribution in [0, 0.1) is 0 Å². The molecule has 0 atom stereocenters.